The number of pyridine rings is 2. The molecule has 3 aromatic heterocycles. The maximum atomic E-state index is 13.6. The molecule has 0 aliphatic carbocycles. The number of nitrogens with zero attached hydrogens (tertiary/aromatic N) is 2. The summed E-state index contributed by atoms with van der Waals surface area (Å²) in [5.41, 5.74) is 8.47. The van der Waals surface area contributed by atoms with E-state index in [2.05, 4.69) is 109 Å². The van der Waals surface area contributed by atoms with Crippen LogP contribution in [0.2, 0.25) is 19.6 Å². The van der Waals surface area contributed by atoms with E-state index >= 15 is 0 Å². The van der Waals surface area contributed by atoms with Crippen LogP contribution in [0.15, 0.2) is 120 Å². The van der Waals surface area contributed by atoms with Gasteiger partial charge in [-0.25, -0.2) is 4.39 Å². The largest absolute Gasteiger partial charge is 0.501 e. The molecular formula is C39H33FIrN2OSi-2. The van der Waals surface area contributed by atoms with Crippen LogP contribution in [0, 0.1) is 24.9 Å². The molecule has 0 unspecified atom stereocenters. The fourth-order valence-electron chi connectivity index (χ4n) is 5.12. The second-order valence-electron chi connectivity index (χ2n) is 12.0. The van der Waals surface area contributed by atoms with Crippen LogP contribution in [0.4, 0.5) is 4.39 Å². The normalized spacial score (nSPS) is 11.1. The molecule has 3 nitrogen and oxygen atoms in total. The molecule has 7 aromatic rings. The summed E-state index contributed by atoms with van der Waals surface area (Å²) in [4.78, 5) is 8.82. The Kier molecular flexibility index (Phi) is 9.88. The van der Waals surface area contributed by atoms with Gasteiger partial charge in [0.05, 0.1) is 13.7 Å². The maximum absolute atomic E-state index is 13.6. The summed E-state index contributed by atoms with van der Waals surface area (Å²) in [6, 6.07) is 40.1. The van der Waals surface area contributed by atoms with E-state index in [4.69, 9.17) is 4.42 Å². The van der Waals surface area contributed by atoms with Crippen LogP contribution < -0.4 is 5.19 Å². The van der Waals surface area contributed by atoms with Crippen LogP contribution in [0.25, 0.3) is 44.5 Å². The number of aromatic nitrogens is 2. The summed E-state index contributed by atoms with van der Waals surface area (Å²) >= 11 is 0. The van der Waals surface area contributed by atoms with Crippen molar-refractivity contribution in [2.24, 2.45) is 0 Å². The van der Waals surface area contributed by atoms with Gasteiger partial charge in [-0.05, 0) is 58.4 Å². The van der Waals surface area contributed by atoms with Gasteiger partial charge in [0, 0.05) is 37.9 Å². The molecule has 7 rings (SSSR count). The second-order valence-corrected chi connectivity index (χ2v) is 17.1. The molecule has 0 aliphatic rings. The Morgan fingerprint density at radius 1 is 0.778 bits per heavy atom. The summed E-state index contributed by atoms with van der Waals surface area (Å²) in [5, 5.41) is 3.43. The molecule has 4 aromatic carbocycles. The first-order chi connectivity index (χ1) is 21.2. The predicted molar refractivity (Wildman–Crippen MR) is 181 cm³/mol. The molecular weight excluding hydrogens is 752 g/mol. The third-order valence-electron chi connectivity index (χ3n) is 7.60. The van der Waals surface area contributed by atoms with Crippen molar-refractivity contribution in [3.05, 3.63) is 150 Å². The van der Waals surface area contributed by atoms with Crippen LogP contribution >= 0.6 is 0 Å². The van der Waals surface area contributed by atoms with E-state index in [9.17, 15) is 4.39 Å². The van der Waals surface area contributed by atoms with Gasteiger partial charge in [-0.2, -0.15) is 0 Å². The van der Waals surface area contributed by atoms with Crippen molar-refractivity contribution >= 4 is 35.2 Å². The minimum atomic E-state index is -1.24. The van der Waals surface area contributed by atoms with Crippen LogP contribution in [0.3, 0.4) is 0 Å². The quantitative estimate of drug-likeness (QED) is 0.129. The van der Waals surface area contributed by atoms with E-state index in [0.717, 1.165) is 34.0 Å². The molecule has 6 heteroatoms. The van der Waals surface area contributed by atoms with Crippen LogP contribution in [0.5, 0.6) is 0 Å². The first-order valence-corrected chi connectivity index (χ1v) is 18.2. The van der Waals surface area contributed by atoms with Gasteiger partial charge in [0.1, 0.15) is 11.4 Å². The predicted octanol–water partition coefficient (Wildman–Crippen LogP) is 9.58. The van der Waals surface area contributed by atoms with Gasteiger partial charge >= 0.3 is 0 Å². The Morgan fingerprint density at radius 3 is 2.29 bits per heavy atom. The number of hydrogen-bond donors (Lipinski definition) is 0. The molecule has 0 saturated carbocycles. The number of furan rings is 1. The van der Waals surface area contributed by atoms with Gasteiger partial charge in [-0.15, -0.1) is 53.6 Å². The van der Waals surface area contributed by atoms with Gasteiger partial charge in [-0.3, -0.25) is 0 Å². The van der Waals surface area contributed by atoms with Crippen molar-refractivity contribution in [1.29, 1.82) is 0 Å². The van der Waals surface area contributed by atoms with Crippen molar-refractivity contribution in [2.45, 2.75) is 33.0 Å². The number of fused-ring (bicyclic) bond motifs is 3. The molecule has 0 N–H and O–H groups in total. The number of benzene rings is 4. The Hall–Kier alpha value is -4.22. The van der Waals surface area contributed by atoms with Gasteiger partial charge in [0.2, 0.25) is 0 Å². The fourth-order valence-corrected chi connectivity index (χ4v) is 6.16. The van der Waals surface area contributed by atoms with E-state index in [1.165, 1.54) is 40.2 Å². The molecule has 0 bridgehead atoms. The molecule has 0 amide bonds. The molecule has 0 saturated heterocycles. The average Bonchev–Trinajstić information content (AvgIpc) is 3.40. The monoisotopic (exact) mass is 785 g/mol. The van der Waals surface area contributed by atoms with Crippen molar-refractivity contribution in [3.63, 3.8) is 0 Å². The van der Waals surface area contributed by atoms with Crippen molar-refractivity contribution in [1.82, 2.24) is 9.97 Å². The van der Waals surface area contributed by atoms with E-state index in [1.54, 1.807) is 0 Å². The van der Waals surface area contributed by atoms with E-state index in [1.807, 2.05) is 36.5 Å². The zero-order valence-corrected chi connectivity index (χ0v) is 29.1. The first kappa shape index (κ1) is 32.2. The SMILES string of the molecule is Cc1c[c-]c(-c2ccc([Si](C)(C)C)cn2)cc1.Fc1ccnc(-c2[c-]ccc3c2oc2ccc(Cc4ccccc4)cc23)c1.[Ir]. The Morgan fingerprint density at radius 2 is 1.60 bits per heavy atom. The van der Waals surface area contributed by atoms with Crippen LogP contribution in [-0.2, 0) is 26.5 Å². The summed E-state index contributed by atoms with van der Waals surface area (Å²) in [6.45, 7) is 9.08. The topological polar surface area (TPSA) is 38.9 Å². The summed E-state index contributed by atoms with van der Waals surface area (Å²) in [7, 11) is -1.24. The van der Waals surface area contributed by atoms with Crippen molar-refractivity contribution in [3.8, 4) is 22.5 Å². The molecule has 45 heavy (non-hydrogen) atoms. The summed E-state index contributed by atoms with van der Waals surface area (Å²) in [5.74, 6) is -0.327. The van der Waals surface area contributed by atoms with Gasteiger partial charge in [0.15, 0.2) is 0 Å². The number of hydrogen-bond acceptors (Lipinski definition) is 3. The number of aryl methyl sites for hydroxylation is 1. The third kappa shape index (κ3) is 7.54. The number of rotatable bonds is 5. The van der Waals surface area contributed by atoms with Crippen molar-refractivity contribution < 1.29 is 28.9 Å². The molecule has 227 valence electrons. The molecule has 0 spiro atoms. The maximum Gasteiger partial charge on any atom is 0.120 e. The minimum Gasteiger partial charge on any atom is -0.501 e. The van der Waals surface area contributed by atoms with Crippen molar-refractivity contribution in [2.75, 3.05) is 0 Å². The Labute approximate surface area is 278 Å². The Balaban J connectivity index is 0.000000193. The number of halogens is 1. The zero-order chi connectivity index (χ0) is 30.7. The fraction of sp³-hybridized carbons (Fsp3) is 0.128. The standard InChI is InChI=1S/C24H15FNO.C15H18NSi.Ir/c25-18-11-12-26-22(15-18)20-8-4-7-19-21-14-17(9-10-23(21)27-24(19)20)13-16-5-2-1-3-6-16;1-12-5-7-13(8-6-12)15-10-9-14(11-16-15)17(2,3)4;/h1-7,9-12,14-15H,13H2;5-7,9-11H,1-4H3;/q2*-1;. The molecule has 0 fully saturated rings. The van der Waals surface area contributed by atoms with E-state index in [-0.39, 0.29) is 25.9 Å². The Bertz CT molecular complexity index is 2030. The smallest absolute Gasteiger partial charge is 0.120 e. The van der Waals surface area contributed by atoms with Gasteiger partial charge < -0.3 is 14.4 Å². The summed E-state index contributed by atoms with van der Waals surface area (Å²) in [6.07, 6.45) is 4.34. The van der Waals surface area contributed by atoms with Crippen LogP contribution in [-0.4, -0.2) is 18.0 Å². The molecule has 3 heterocycles. The first-order valence-electron chi connectivity index (χ1n) is 14.7. The van der Waals surface area contributed by atoms with Gasteiger partial charge in [-0.1, -0.05) is 86.0 Å². The van der Waals surface area contributed by atoms with E-state index in [0.29, 0.717) is 16.8 Å². The van der Waals surface area contributed by atoms with Gasteiger partial charge in [0.25, 0.3) is 0 Å². The molecule has 0 aliphatic heterocycles. The van der Waals surface area contributed by atoms with Crippen LogP contribution in [0.1, 0.15) is 16.7 Å². The zero-order valence-electron chi connectivity index (χ0n) is 25.7. The second kappa shape index (κ2) is 13.8. The van der Waals surface area contributed by atoms with E-state index < -0.39 is 8.07 Å². The third-order valence-corrected chi connectivity index (χ3v) is 9.63. The minimum absolute atomic E-state index is 0. The summed E-state index contributed by atoms with van der Waals surface area (Å²) < 4.78 is 19.7. The molecule has 0 atom stereocenters. The average molecular weight is 785 g/mol. The molecule has 1 radical (unpaired) electrons.